The van der Waals surface area contributed by atoms with Crippen molar-refractivity contribution in [3.63, 3.8) is 0 Å². The van der Waals surface area contributed by atoms with Crippen LogP contribution in [0.25, 0.3) is 6.08 Å². The Kier molecular flexibility index (Phi) is 3.69. The number of rotatable bonds is 2. The molecule has 0 bridgehead atoms. The number of benzene rings is 1. The lowest BCUT2D eigenvalue weighted by molar-refractivity contribution is -0.104. The number of carbonyl (C=O) groups is 1. The van der Waals surface area contributed by atoms with E-state index in [9.17, 15) is 4.79 Å². The molecule has 0 radical (unpaired) electrons. The molecule has 16 heavy (non-hydrogen) atoms. The molecule has 1 aromatic rings. The molecule has 0 aliphatic carbocycles. The minimum atomic E-state index is 0.143. The molecule has 1 aromatic carbocycles. The van der Waals surface area contributed by atoms with Gasteiger partial charge in [-0.2, -0.15) is 0 Å². The first-order valence-corrected chi connectivity index (χ1v) is 5.58. The Morgan fingerprint density at radius 3 is 2.31 bits per heavy atom. The van der Waals surface area contributed by atoms with Crippen LogP contribution >= 0.6 is 0 Å². The lowest BCUT2D eigenvalue weighted by Crippen LogP contribution is -2.11. The molecule has 0 aromatic heterocycles. The molecular formula is C15H20O. The SMILES string of the molecule is C/C(C=O)=C\c1cc(C)cc(C(C)(C)C)c1. The fourth-order valence-corrected chi connectivity index (χ4v) is 1.63. The van der Waals surface area contributed by atoms with Gasteiger partial charge in [0.25, 0.3) is 0 Å². The number of aryl methyl sites for hydroxylation is 1. The smallest absolute Gasteiger partial charge is 0.145 e. The Morgan fingerprint density at radius 2 is 1.81 bits per heavy atom. The van der Waals surface area contributed by atoms with E-state index < -0.39 is 0 Å². The number of aldehydes is 1. The predicted octanol–water partition coefficient (Wildman–Crippen LogP) is 3.89. The van der Waals surface area contributed by atoms with Crippen molar-refractivity contribution in [2.45, 2.75) is 40.0 Å². The number of allylic oxidation sites excluding steroid dienone is 1. The van der Waals surface area contributed by atoms with Crippen molar-refractivity contribution < 1.29 is 4.79 Å². The maximum absolute atomic E-state index is 10.6. The van der Waals surface area contributed by atoms with Gasteiger partial charge in [-0.05, 0) is 42.0 Å². The summed E-state index contributed by atoms with van der Waals surface area (Å²) in [6, 6.07) is 6.45. The molecule has 0 saturated heterocycles. The number of hydrogen-bond donors (Lipinski definition) is 0. The third-order valence-corrected chi connectivity index (χ3v) is 2.55. The van der Waals surface area contributed by atoms with Gasteiger partial charge >= 0.3 is 0 Å². The average Bonchev–Trinajstić information content (AvgIpc) is 2.15. The molecule has 0 aliphatic rings. The summed E-state index contributed by atoms with van der Waals surface area (Å²) in [5.74, 6) is 0. The van der Waals surface area contributed by atoms with Gasteiger partial charge in [-0.25, -0.2) is 0 Å². The number of carbonyl (C=O) groups excluding carboxylic acids is 1. The molecule has 0 fully saturated rings. The van der Waals surface area contributed by atoms with E-state index in [0.29, 0.717) is 0 Å². The summed E-state index contributed by atoms with van der Waals surface area (Å²) in [6.07, 6.45) is 2.81. The quantitative estimate of drug-likeness (QED) is 0.541. The molecule has 0 spiro atoms. The van der Waals surface area contributed by atoms with Crippen LogP contribution in [0.3, 0.4) is 0 Å². The van der Waals surface area contributed by atoms with Crippen LogP contribution < -0.4 is 0 Å². The van der Waals surface area contributed by atoms with Crippen LogP contribution in [0.5, 0.6) is 0 Å². The molecule has 0 atom stereocenters. The van der Waals surface area contributed by atoms with Gasteiger partial charge in [0.2, 0.25) is 0 Å². The zero-order chi connectivity index (χ0) is 12.3. The van der Waals surface area contributed by atoms with E-state index in [1.54, 1.807) is 0 Å². The Labute approximate surface area is 98.2 Å². The van der Waals surface area contributed by atoms with Crippen LogP contribution in [0.1, 0.15) is 44.4 Å². The summed E-state index contributed by atoms with van der Waals surface area (Å²) in [7, 11) is 0. The summed E-state index contributed by atoms with van der Waals surface area (Å²) in [4.78, 5) is 10.6. The molecule has 0 unspecified atom stereocenters. The maximum atomic E-state index is 10.6. The van der Waals surface area contributed by atoms with Gasteiger partial charge < -0.3 is 0 Å². The second-order valence-electron chi connectivity index (χ2n) is 5.39. The van der Waals surface area contributed by atoms with Crippen LogP contribution in [-0.4, -0.2) is 6.29 Å². The van der Waals surface area contributed by atoms with Crippen molar-refractivity contribution in [3.8, 4) is 0 Å². The number of hydrogen-bond acceptors (Lipinski definition) is 1. The van der Waals surface area contributed by atoms with Gasteiger partial charge in [0.05, 0.1) is 0 Å². The highest BCUT2D eigenvalue weighted by Crippen LogP contribution is 2.25. The Hall–Kier alpha value is -1.37. The summed E-state index contributed by atoms with van der Waals surface area (Å²) in [5, 5.41) is 0. The zero-order valence-electron chi connectivity index (χ0n) is 10.8. The first-order valence-electron chi connectivity index (χ1n) is 5.58. The van der Waals surface area contributed by atoms with Crippen LogP contribution in [0.4, 0.5) is 0 Å². The summed E-state index contributed by atoms with van der Waals surface area (Å²) < 4.78 is 0. The van der Waals surface area contributed by atoms with Gasteiger partial charge in [0.15, 0.2) is 0 Å². The predicted molar refractivity (Wildman–Crippen MR) is 69.6 cm³/mol. The van der Waals surface area contributed by atoms with Gasteiger partial charge in [-0.1, -0.05) is 44.5 Å². The minimum absolute atomic E-state index is 0.143. The molecular weight excluding hydrogens is 196 g/mol. The molecule has 0 heterocycles. The van der Waals surface area contributed by atoms with Crippen LogP contribution in [0, 0.1) is 6.92 Å². The van der Waals surface area contributed by atoms with Crippen LogP contribution in [-0.2, 0) is 10.2 Å². The molecule has 0 aliphatic heterocycles. The van der Waals surface area contributed by atoms with Crippen molar-refractivity contribution in [1.29, 1.82) is 0 Å². The van der Waals surface area contributed by atoms with E-state index in [1.807, 2.05) is 13.0 Å². The van der Waals surface area contributed by atoms with Gasteiger partial charge in [-0.15, -0.1) is 0 Å². The second-order valence-corrected chi connectivity index (χ2v) is 5.39. The minimum Gasteiger partial charge on any atom is -0.298 e. The summed E-state index contributed by atoms with van der Waals surface area (Å²) in [6.45, 7) is 10.5. The molecule has 1 nitrogen and oxygen atoms in total. The lowest BCUT2D eigenvalue weighted by Gasteiger charge is -2.20. The molecule has 86 valence electrons. The second kappa shape index (κ2) is 4.65. The first-order chi connectivity index (χ1) is 7.32. The highest BCUT2D eigenvalue weighted by molar-refractivity contribution is 5.80. The van der Waals surface area contributed by atoms with E-state index >= 15 is 0 Å². The zero-order valence-corrected chi connectivity index (χ0v) is 10.8. The average molecular weight is 216 g/mol. The molecule has 0 saturated carbocycles. The standard InChI is InChI=1S/C15H20O/c1-11-6-13(7-12(2)10-16)9-14(8-11)15(3,4)5/h6-10H,1-5H3/b12-7+. The van der Waals surface area contributed by atoms with E-state index in [4.69, 9.17) is 0 Å². The summed E-state index contributed by atoms with van der Waals surface area (Å²) in [5.41, 5.74) is 4.54. The lowest BCUT2D eigenvalue weighted by atomic mass is 9.85. The van der Waals surface area contributed by atoms with Gasteiger partial charge in [0, 0.05) is 0 Å². The fourth-order valence-electron chi connectivity index (χ4n) is 1.63. The van der Waals surface area contributed by atoms with Crippen LogP contribution in [0.15, 0.2) is 23.8 Å². The molecule has 1 rings (SSSR count). The van der Waals surface area contributed by atoms with E-state index in [0.717, 1.165) is 17.4 Å². The van der Waals surface area contributed by atoms with Crippen molar-refractivity contribution in [2.75, 3.05) is 0 Å². The maximum Gasteiger partial charge on any atom is 0.145 e. The summed E-state index contributed by atoms with van der Waals surface area (Å²) >= 11 is 0. The van der Waals surface area contributed by atoms with Crippen molar-refractivity contribution in [2.24, 2.45) is 0 Å². The highest BCUT2D eigenvalue weighted by Gasteiger charge is 2.14. The molecule has 0 N–H and O–H groups in total. The van der Waals surface area contributed by atoms with Gasteiger partial charge in [0.1, 0.15) is 6.29 Å². The van der Waals surface area contributed by atoms with E-state index in [2.05, 4.69) is 45.9 Å². The van der Waals surface area contributed by atoms with Gasteiger partial charge in [-0.3, -0.25) is 4.79 Å². The third kappa shape index (κ3) is 3.34. The normalized spacial score (nSPS) is 12.7. The molecule has 0 amide bonds. The van der Waals surface area contributed by atoms with Crippen molar-refractivity contribution in [1.82, 2.24) is 0 Å². The fraction of sp³-hybridized carbons (Fsp3) is 0.400. The molecule has 1 heteroatoms. The Balaban J connectivity index is 3.23. The van der Waals surface area contributed by atoms with E-state index in [-0.39, 0.29) is 5.41 Å². The third-order valence-electron chi connectivity index (χ3n) is 2.55. The largest absolute Gasteiger partial charge is 0.298 e. The topological polar surface area (TPSA) is 17.1 Å². The highest BCUT2D eigenvalue weighted by atomic mass is 16.1. The van der Waals surface area contributed by atoms with E-state index in [1.165, 1.54) is 11.1 Å². The van der Waals surface area contributed by atoms with Crippen molar-refractivity contribution >= 4 is 12.4 Å². The van der Waals surface area contributed by atoms with Crippen molar-refractivity contribution in [3.05, 3.63) is 40.5 Å². The Bertz CT molecular complexity index is 420. The first kappa shape index (κ1) is 12.7. The monoisotopic (exact) mass is 216 g/mol. The van der Waals surface area contributed by atoms with Crippen LogP contribution in [0.2, 0.25) is 0 Å². The Morgan fingerprint density at radius 1 is 1.19 bits per heavy atom.